The zero-order chi connectivity index (χ0) is 17.6. The zero-order valence-electron chi connectivity index (χ0n) is 14.2. The molecule has 1 amide bonds. The third-order valence-corrected chi connectivity index (χ3v) is 4.15. The van der Waals surface area contributed by atoms with Crippen LogP contribution in [0.2, 0.25) is 0 Å². The van der Waals surface area contributed by atoms with E-state index in [1.165, 1.54) is 0 Å². The van der Waals surface area contributed by atoms with Crippen molar-refractivity contribution in [2.75, 3.05) is 18.5 Å². The molecule has 0 saturated carbocycles. The first kappa shape index (κ1) is 17.0. The van der Waals surface area contributed by atoms with Crippen LogP contribution in [0, 0.1) is 0 Å². The van der Waals surface area contributed by atoms with Crippen molar-refractivity contribution in [1.82, 2.24) is 0 Å². The predicted molar refractivity (Wildman–Crippen MR) is 94.7 cm³/mol. The maximum absolute atomic E-state index is 12.0. The Labute approximate surface area is 147 Å². The molecule has 2 aromatic rings. The summed E-state index contributed by atoms with van der Waals surface area (Å²) in [6.07, 6.45) is 1.01. The highest BCUT2D eigenvalue weighted by atomic mass is 16.5. The third-order valence-electron chi connectivity index (χ3n) is 4.15. The second-order valence-electron chi connectivity index (χ2n) is 5.99. The van der Waals surface area contributed by atoms with Crippen LogP contribution in [0.15, 0.2) is 48.5 Å². The molecule has 1 atom stereocenters. The summed E-state index contributed by atoms with van der Waals surface area (Å²) < 4.78 is 10.6. The Morgan fingerprint density at radius 1 is 1.24 bits per heavy atom. The van der Waals surface area contributed by atoms with E-state index in [0.717, 1.165) is 11.1 Å². The number of anilines is 1. The van der Waals surface area contributed by atoms with Crippen molar-refractivity contribution >= 4 is 17.6 Å². The molecule has 1 heterocycles. The van der Waals surface area contributed by atoms with Gasteiger partial charge in [-0.25, -0.2) is 0 Å². The molecule has 1 aliphatic rings. The SMILES string of the molecule is CCOC(=O)CC(Cc1ccc2c(c1)OCC(=O)N2)c1ccccc1. The summed E-state index contributed by atoms with van der Waals surface area (Å²) in [5.41, 5.74) is 2.83. The molecule has 2 aromatic carbocycles. The minimum Gasteiger partial charge on any atom is -0.482 e. The molecule has 0 bridgehead atoms. The molecule has 0 aliphatic carbocycles. The average Bonchev–Trinajstić information content (AvgIpc) is 2.62. The Bertz CT molecular complexity index is 758. The lowest BCUT2D eigenvalue weighted by Crippen LogP contribution is -2.25. The fourth-order valence-corrected chi connectivity index (χ4v) is 2.98. The van der Waals surface area contributed by atoms with E-state index in [1.807, 2.05) is 55.5 Å². The summed E-state index contributed by atoms with van der Waals surface area (Å²) in [5, 5.41) is 2.78. The predicted octanol–water partition coefficient (Wildman–Crippen LogP) is 3.30. The third kappa shape index (κ3) is 4.38. The number of carbonyl (C=O) groups is 2. The summed E-state index contributed by atoms with van der Waals surface area (Å²) in [6, 6.07) is 15.7. The number of ether oxygens (including phenoxy) is 2. The van der Waals surface area contributed by atoms with E-state index in [9.17, 15) is 9.59 Å². The number of nitrogens with one attached hydrogen (secondary N) is 1. The van der Waals surface area contributed by atoms with Crippen LogP contribution < -0.4 is 10.1 Å². The lowest BCUT2D eigenvalue weighted by atomic mass is 9.89. The van der Waals surface area contributed by atoms with Crippen LogP contribution in [0.4, 0.5) is 5.69 Å². The van der Waals surface area contributed by atoms with Gasteiger partial charge in [0.2, 0.25) is 0 Å². The van der Waals surface area contributed by atoms with E-state index in [-0.39, 0.29) is 24.4 Å². The van der Waals surface area contributed by atoms with Crippen LogP contribution in [0.5, 0.6) is 5.75 Å². The van der Waals surface area contributed by atoms with E-state index in [0.29, 0.717) is 30.9 Å². The molecular formula is C20H21NO4. The van der Waals surface area contributed by atoms with Gasteiger partial charge in [0.25, 0.3) is 5.91 Å². The highest BCUT2D eigenvalue weighted by molar-refractivity contribution is 5.95. The van der Waals surface area contributed by atoms with Crippen molar-refractivity contribution < 1.29 is 19.1 Å². The Morgan fingerprint density at radius 3 is 2.80 bits per heavy atom. The molecule has 3 rings (SSSR count). The largest absolute Gasteiger partial charge is 0.482 e. The van der Waals surface area contributed by atoms with Gasteiger partial charge in [-0.3, -0.25) is 9.59 Å². The topological polar surface area (TPSA) is 64.6 Å². The van der Waals surface area contributed by atoms with Crippen molar-refractivity contribution in [2.45, 2.75) is 25.7 Å². The standard InChI is InChI=1S/C20H21NO4/c1-2-24-20(23)12-16(15-6-4-3-5-7-15)10-14-8-9-17-18(11-14)25-13-19(22)21-17/h3-9,11,16H,2,10,12-13H2,1H3,(H,21,22). The van der Waals surface area contributed by atoms with Gasteiger partial charge in [-0.1, -0.05) is 36.4 Å². The number of amides is 1. The van der Waals surface area contributed by atoms with E-state index < -0.39 is 0 Å². The lowest BCUT2D eigenvalue weighted by molar-refractivity contribution is -0.143. The quantitative estimate of drug-likeness (QED) is 0.820. The van der Waals surface area contributed by atoms with Crippen LogP contribution in [0.3, 0.4) is 0 Å². The van der Waals surface area contributed by atoms with Gasteiger partial charge in [-0.05, 0) is 42.5 Å². The molecule has 25 heavy (non-hydrogen) atoms. The Morgan fingerprint density at radius 2 is 2.04 bits per heavy atom. The van der Waals surface area contributed by atoms with Gasteiger partial charge in [0.15, 0.2) is 6.61 Å². The summed E-state index contributed by atoms with van der Waals surface area (Å²) in [4.78, 5) is 23.4. The monoisotopic (exact) mass is 339 g/mol. The van der Waals surface area contributed by atoms with E-state index in [2.05, 4.69) is 5.32 Å². The number of hydrogen-bond donors (Lipinski definition) is 1. The number of carbonyl (C=O) groups excluding carboxylic acids is 2. The number of hydrogen-bond acceptors (Lipinski definition) is 4. The molecule has 1 aliphatic heterocycles. The van der Waals surface area contributed by atoms with Crippen LogP contribution in [0.1, 0.15) is 30.4 Å². The number of rotatable bonds is 6. The maximum Gasteiger partial charge on any atom is 0.306 e. The van der Waals surface area contributed by atoms with Crippen LogP contribution in [0.25, 0.3) is 0 Å². The summed E-state index contributed by atoms with van der Waals surface area (Å²) in [6.45, 7) is 2.22. The highest BCUT2D eigenvalue weighted by Crippen LogP contribution is 2.32. The van der Waals surface area contributed by atoms with Crippen molar-refractivity contribution in [3.05, 3.63) is 59.7 Å². The van der Waals surface area contributed by atoms with Gasteiger partial charge in [-0.15, -0.1) is 0 Å². The van der Waals surface area contributed by atoms with Crippen molar-refractivity contribution in [2.24, 2.45) is 0 Å². The molecule has 1 unspecified atom stereocenters. The summed E-state index contributed by atoms with van der Waals surface area (Å²) in [5.74, 6) is 0.346. The molecule has 0 saturated heterocycles. The number of benzene rings is 2. The van der Waals surface area contributed by atoms with Crippen molar-refractivity contribution in [3.8, 4) is 5.75 Å². The van der Waals surface area contributed by atoms with Gasteiger partial charge < -0.3 is 14.8 Å². The van der Waals surface area contributed by atoms with Crippen molar-refractivity contribution in [1.29, 1.82) is 0 Å². The highest BCUT2D eigenvalue weighted by Gasteiger charge is 2.20. The van der Waals surface area contributed by atoms with Gasteiger partial charge >= 0.3 is 5.97 Å². The fourth-order valence-electron chi connectivity index (χ4n) is 2.98. The first-order valence-corrected chi connectivity index (χ1v) is 8.42. The molecular weight excluding hydrogens is 318 g/mol. The Hall–Kier alpha value is -2.82. The maximum atomic E-state index is 12.0. The smallest absolute Gasteiger partial charge is 0.306 e. The van der Waals surface area contributed by atoms with E-state index >= 15 is 0 Å². The summed E-state index contributed by atoms with van der Waals surface area (Å²) in [7, 11) is 0. The number of fused-ring (bicyclic) bond motifs is 1. The first-order chi connectivity index (χ1) is 12.2. The molecule has 0 fully saturated rings. The number of esters is 1. The molecule has 0 spiro atoms. The van der Waals surface area contributed by atoms with Crippen LogP contribution in [-0.2, 0) is 20.7 Å². The lowest BCUT2D eigenvalue weighted by Gasteiger charge is -2.21. The van der Waals surface area contributed by atoms with Crippen LogP contribution >= 0.6 is 0 Å². The molecule has 0 aromatic heterocycles. The van der Waals surface area contributed by atoms with Crippen LogP contribution in [-0.4, -0.2) is 25.1 Å². The first-order valence-electron chi connectivity index (χ1n) is 8.42. The van der Waals surface area contributed by atoms with Gasteiger partial charge in [0.05, 0.1) is 18.7 Å². The molecule has 130 valence electrons. The minimum absolute atomic E-state index is 0.0245. The second kappa shape index (κ2) is 7.83. The van der Waals surface area contributed by atoms with Gasteiger partial charge in [0, 0.05) is 0 Å². The molecule has 1 N–H and O–H groups in total. The Kier molecular flexibility index (Phi) is 5.33. The molecule has 5 heteroatoms. The average molecular weight is 339 g/mol. The minimum atomic E-state index is -0.196. The molecule has 5 nitrogen and oxygen atoms in total. The fraction of sp³-hybridized carbons (Fsp3) is 0.300. The second-order valence-corrected chi connectivity index (χ2v) is 5.99. The van der Waals surface area contributed by atoms with Crippen molar-refractivity contribution in [3.63, 3.8) is 0 Å². The van der Waals surface area contributed by atoms with Gasteiger partial charge in [-0.2, -0.15) is 0 Å². The van der Waals surface area contributed by atoms with E-state index in [1.54, 1.807) is 0 Å². The molecule has 0 radical (unpaired) electrons. The van der Waals surface area contributed by atoms with E-state index in [4.69, 9.17) is 9.47 Å². The zero-order valence-corrected chi connectivity index (χ0v) is 14.2. The normalized spacial score (nSPS) is 14.0. The Balaban J connectivity index is 1.80. The van der Waals surface area contributed by atoms with Gasteiger partial charge in [0.1, 0.15) is 5.75 Å². The summed E-state index contributed by atoms with van der Waals surface area (Å²) >= 11 is 0.